The molecule has 0 spiro atoms. The number of rotatable bonds is 9. The summed E-state index contributed by atoms with van der Waals surface area (Å²) in [4.78, 5) is 33.9. The van der Waals surface area contributed by atoms with E-state index in [0.29, 0.717) is 54.3 Å². The van der Waals surface area contributed by atoms with Gasteiger partial charge < -0.3 is 4.74 Å². The van der Waals surface area contributed by atoms with Gasteiger partial charge in [0.15, 0.2) is 0 Å². The predicted molar refractivity (Wildman–Crippen MR) is 169 cm³/mol. The Morgan fingerprint density at radius 1 is 1.05 bits per heavy atom. The summed E-state index contributed by atoms with van der Waals surface area (Å²) in [6, 6.07) is 2.88. The molecule has 232 valence electrons. The molecular formula is C35H46N2O6. The predicted octanol–water partition coefficient (Wildman–Crippen LogP) is 9.32. The molecule has 3 aliphatic carbocycles. The van der Waals surface area contributed by atoms with Crippen LogP contribution in [-0.2, 0) is 4.74 Å². The minimum atomic E-state index is -0.798. The van der Waals surface area contributed by atoms with E-state index in [0.717, 1.165) is 35.8 Å². The number of esters is 1. The monoisotopic (exact) mass is 590 g/mol. The Morgan fingerprint density at radius 3 is 2.35 bits per heavy atom. The number of nitro benzene ring substituents is 2. The van der Waals surface area contributed by atoms with Crippen molar-refractivity contribution < 1.29 is 19.4 Å². The van der Waals surface area contributed by atoms with E-state index in [-0.39, 0.29) is 5.56 Å². The van der Waals surface area contributed by atoms with Gasteiger partial charge in [-0.1, -0.05) is 76.6 Å². The van der Waals surface area contributed by atoms with Gasteiger partial charge in [-0.15, -0.1) is 0 Å². The van der Waals surface area contributed by atoms with E-state index in [9.17, 15) is 25.0 Å². The van der Waals surface area contributed by atoms with Crippen molar-refractivity contribution in [1.82, 2.24) is 0 Å². The third-order valence-electron chi connectivity index (χ3n) is 10.3. The molecule has 3 aliphatic rings. The van der Waals surface area contributed by atoms with Gasteiger partial charge in [0.05, 0.1) is 21.5 Å². The summed E-state index contributed by atoms with van der Waals surface area (Å²) >= 11 is 0. The first-order chi connectivity index (χ1) is 20.3. The molecule has 3 saturated carbocycles. The van der Waals surface area contributed by atoms with Gasteiger partial charge in [0.2, 0.25) is 0 Å². The highest BCUT2D eigenvalue weighted by Gasteiger charge is 2.47. The summed E-state index contributed by atoms with van der Waals surface area (Å²) in [5, 5.41) is 22.5. The maximum Gasteiger partial charge on any atom is 0.338 e. The van der Waals surface area contributed by atoms with Gasteiger partial charge in [-0.05, 0) is 85.5 Å². The standard InChI is InChI=1S/C35H46N2O6/c1-22(2)23(3)9-10-25(5)29-19-33-26(8-7-15-35(33,6)21-29)12-13-27-18-32(14-11-24(27)4)43-34(38)28-16-30(36(39)40)20-31(17-28)37(41)42/h9-10,12-13,16-17,20,22-23,25,29,32-33H,4,7-8,11,14-15,18-19,21H2,1-3,5-6H3/b10-9+,26-12-,27-13-/t23-,25-,29-,32+,33-,35-/m0/s1. The van der Waals surface area contributed by atoms with Gasteiger partial charge in [-0.3, -0.25) is 20.2 Å². The lowest BCUT2D eigenvalue weighted by Gasteiger charge is -2.38. The van der Waals surface area contributed by atoms with Crippen LogP contribution in [0.5, 0.6) is 0 Å². The molecule has 0 aromatic heterocycles. The topological polar surface area (TPSA) is 113 Å². The quantitative estimate of drug-likeness (QED) is 0.123. The van der Waals surface area contributed by atoms with E-state index >= 15 is 0 Å². The largest absolute Gasteiger partial charge is 0.458 e. The molecule has 0 amide bonds. The summed E-state index contributed by atoms with van der Waals surface area (Å²) in [5.74, 6) is 2.24. The highest BCUT2D eigenvalue weighted by atomic mass is 16.6. The number of hydrogen-bond acceptors (Lipinski definition) is 6. The number of nitrogens with zero attached hydrogens (tertiary/aromatic N) is 2. The summed E-state index contributed by atoms with van der Waals surface area (Å²) < 4.78 is 5.70. The number of hydrogen-bond donors (Lipinski definition) is 0. The minimum Gasteiger partial charge on any atom is -0.458 e. The lowest BCUT2D eigenvalue weighted by atomic mass is 9.67. The third-order valence-corrected chi connectivity index (χ3v) is 10.3. The summed E-state index contributed by atoms with van der Waals surface area (Å²) in [5.41, 5.74) is 2.66. The van der Waals surface area contributed by atoms with Crippen LogP contribution >= 0.6 is 0 Å². The lowest BCUT2D eigenvalue weighted by molar-refractivity contribution is -0.394. The molecule has 0 bridgehead atoms. The zero-order valence-electron chi connectivity index (χ0n) is 26.2. The maximum atomic E-state index is 12.9. The fraction of sp³-hybridized carbons (Fsp3) is 0.571. The normalized spacial score (nSPS) is 29.2. The van der Waals surface area contributed by atoms with Crippen molar-refractivity contribution >= 4 is 17.3 Å². The molecule has 0 N–H and O–H groups in total. The van der Waals surface area contributed by atoms with Crippen molar-refractivity contribution in [3.8, 4) is 0 Å². The van der Waals surface area contributed by atoms with Crippen molar-refractivity contribution in [3.63, 3.8) is 0 Å². The number of carbonyl (C=O) groups is 1. The first kappa shape index (κ1) is 32.4. The fourth-order valence-electron chi connectivity index (χ4n) is 7.11. The van der Waals surface area contributed by atoms with E-state index in [4.69, 9.17) is 4.74 Å². The first-order valence-corrected chi connectivity index (χ1v) is 15.7. The van der Waals surface area contributed by atoms with E-state index in [2.05, 4.69) is 65.5 Å². The average Bonchev–Trinajstić information content (AvgIpc) is 3.33. The molecule has 8 heteroatoms. The number of non-ortho nitro benzene ring substituents is 2. The highest BCUT2D eigenvalue weighted by Crippen LogP contribution is 2.58. The van der Waals surface area contributed by atoms with E-state index < -0.39 is 33.3 Å². The van der Waals surface area contributed by atoms with Crippen LogP contribution in [0.2, 0.25) is 0 Å². The smallest absolute Gasteiger partial charge is 0.338 e. The molecule has 1 aromatic rings. The minimum absolute atomic E-state index is 0.196. The molecular weight excluding hydrogens is 544 g/mol. The van der Waals surface area contributed by atoms with Crippen molar-refractivity contribution in [3.05, 3.63) is 91.6 Å². The highest BCUT2D eigenvalue weighted by molar-refractivity contribution is 5.91. The van der Waals surface area contributed by atoms with E-state index in [1.807, 2.05) is 0 Å². The van der Waals surface area contributed by atoms with Gasteiger partial charge in [0.25, 0.3) is 11.4 Å². The molecule has 4 rings (SSSR count). The number of nitro groups is 2. The molecule has 0 aliphatic heterocycles. The van der Waals surface area contributed by atoms with Crippen LogP contribution in [0.4, 0.5) is 11.4 Å². The lowest BCUT2D eigenvalue weighted by Crippen LogP contribution is -2.27. The van der Waals surface area contributed by atoms with Crippen LogP contribution < -0.4 is 0 Å². The van der Waals surface area contributed by atoms with Crippen molar-refractivity contribution in [2.45, 2.75) is 92.1 Å². The molecule has 43 heavy (non-hydrogen) atoms. The Labute approximate surface area is 255 Å². The Kier molecular flexibility index (Phi) is 10.1. The molecule has 6 atom stereocenters. The number of allylic oxidation sites excluding steroid dienone is 6. The fourth-order valence-corrected chi connectivity index (χ4v) is 7.11. The summed E-state index contributed by atoms with van der Waals surface area (Å²) in [7, 11) is 0. The van der Waals surface area contributed by atoms with Crippen LogP contribution in [0.1, 0.15) is 96.3 Å². The van der Waals surface area contributed by atoms with Crippen molar-refractivity contribution in [1.29, 1.82) is 0 Å². The molecule has 0 saturated heterocycles. The number of ether oxygens (including phenoxy) is 1. The Hall–Kier alpha value is -3.55. The average molecular weight is 591 g/mol. The zero-order valence-corrected chi connectivity index (χ0v) is 26.2. The van der Waals surface area contributed by atoms with Crippen molar-refractivity contribution in [2.24, 2.45) is 35.0 Å². The van der Waals surface area contributed by atoms with Crippen LogP contribution in [0.15, 0.2) is 65.8 Å². The molecule has 0 heterocycles. The second-order valence-electron chi connectivity index (χ2n) is 13.7. The summed E-state index contributed by atoms with van der Waals surface area (Å²) in [6.45, 7) is 15.9. The van der Waals surface area contributed by atoms with Gasteiger partial charge in [-0.25, -0.2) is 4.79 Å². The first-order valence-electron chi connectivity index (χ1n) is 15.7. The van der Waals surface area contributed by atoms with Crippen LogP contribution in [-0.4, -0.2) is 21.9 Å². The number of carbonyl (C=O) groups excluding carboxylic acids is 1. The second kappa shape index (κ2) is 13.4. The number of benzene rings is 1. The van der Waals surface area contributed by atoms with Gasteiger partial charge in [0, 0.05) is 18.6 Å². The Bertz CT molecular complexity index is 1330. The van der Waals surface area contributed by atoms with Gasteiger partial charge in [0.1, 0.15) is 6.10 Å². The zero-order chi connectivity index (χ0) is 31.5. The Morgan fingerprint density at radius 2 is 1.72 bits per heavy atom. The molecule has 1 aromatic carbocycles. The van der Waals surface area contributed by atoms with Gasteiger partial charge in [-0.2, -0.15) is 0 Å². The molecule has 0 unspecified atom stereocenters. The van der Waals surface area contributed by atoms with E-state index in [1.54, 1.807) is 0 Å². The van der Waals surface area contributed by atoms with Crippen LogP contribution in [0.25, 0.3) is 0 Å². The second-order valence-corrected chi connectivity index (χ2v) is 13.7. The maximum absolute atomic E-state index is 12.9. The summed E-state index contributed by atoms with van der Waals surface area (Å²) in [6.07, 6.45) is 16.6. The SMILES string of the molecule is C=C1CC[C@@H](OC(=O)c2cc([N+](=O)[O-])cc([N+](=O)[O-])c2)C/C1=C/C=C1/CCC[C@@]2(C)C[C@@H]([C@@H](C)/C=C/[C@H](C)C(C)C)C[C@@H]12. The molecule has 0 radical (unpaired) electrons. The van der Waals surface area contributed by atoms with Gasteiger partial charge >= 0.3 is 5.97 Å². The van der Waals surface area contributed by atoms with Crippen LogP contribution in [0.3, 0.4) is 0 Å². The Balaban J connectivity index is 1.46. The molecule has 3 fully saturated rings. The molecule has 8 nitrogen and oxygen atoms in total. The van der Waals surface area contributed by atoms with Crippen molar-refractivity contribution in [2.75, 3.05) is 0 Å². The van der Waals surface area contributed by atoms with E-state index in [1.165, 1.54) is 31.3 Å². The number of fused-ring (bicyclic) bond motifs is 1. The third kappa shape index (κ3) is 7.70. The van der Waals surface area contributed by atoms with Crippen LogP contribution in [0, 0.1) is 55.2 Å².